The number of halogens is 1. The molecule has 0 amide bonds. The second kappa shape index (κ2) is 3.56. The Balaban J connectivity index is 2.16. The van der Waals surface area contributed by atoms with E-state index in [0.717, 1.165) is 11.2 Å². The van der Waals surface area contributed by atoms with Crippen LogP contribution in [-0.2, 0) is 5.60 Å². The minimum absolute atomic E-state index is 0.302. The van der Waals surface area contributed by atoms with Crippen LogP contribution >= 0.6 is 0 Å². The zero-order valence-electron chi connectivity index (χ0n) is 11.1. The molecule has 1 aliphatic heterocycles. The normalized spacial score (nSPS) is 15.6. The molecule has 5 heteroatoms. The van der Waals surface area contributed by atoms with Crippen molar-refractivity contribution in [3.8, 4) is 11.4 Å². The summed E-state index contributed by atoms with van der Waals surface area (Å²) in [5.74, 6) is 0.343. The number of nitrogens with zero attached hydrogens (tertiary/aromatic N) is 3. The molecular formula is C15H12FN3O. The van der Waals surface area contributed by atoms with E-state index in [1.165, 1.54) is 12.1 Å². The van der Waals surface area contributed by atoms with Crippen molar-refractivity contribution in [3.63, 3.8) is 0 Å². The Kier molecular flexibility index (Phi) is 2.03. The Hall–Kier alpha value is -2.43. The van der Waals surface area contributed by atoms with Gasteiger partial charge in [0.05, 0.1) is 11.4 Å². The molecule has 0 aliphatic carbocycles. The first kappa shape index (κ1) is 11.4. The van der Waals surface area contributed by atoms with Crippen molar-refractivity contribution in [1.82, 2.24) is 14.5 Å². The molecule has 4 rings (SSSR count). The molecule has 1 aliphatic rings. The Morgan fingerprint density at radius 2 is 1.95 bits per heavy atom. The van der Waals surface area contributed by atoms with Gasteiger partial charge in [-0.25, -0.2) is 9.37 Å². The van der Waals surface area contributed by atoms with Gasteiger partial charge in [-0.2, -0.15) is 0 Å². The predicted molar refractivity (Wildman–Crippen MR) is 72.5 cm³/mol. The zero-order chi connectivity index (χ0) is 13.9. The third kappa shape index (κ3) is 1.40. The maximum atomic E-state index is 13.6. The first-order chi connectivity index (χ1) is 9.56. The maximum absolute atomic E-state index is 13.6. The van der Waals surface area contributed by atoms with Crippen LogP contribution in [0.5, 0.6) is 5.75 Å². The van der Waals surface area contributed by atoms with Crippen LogP contribution in [0.2, 0.25) is 0 Å². The van der Waals surface area contributed by atoms with Crippen molar-refractivity contribution < 1.29 is 9.13 Å². The lowest BCUT2D eigenvalue weighted by molar-refractivity contribution is 0.0928. The average molecular weight is 269 g/mol. The number of aromatic nitrogens is 3. The second-order valence-electron chi connectivity index (χ2n) is 5.35. The van der Waals surface area contributed by atoms with Gasteiger partial charge in [-0.3, -0.25) is 9.55 Å². The van der Waals surface area contributed by atoms with Crippen LogP contribution < -0.4 is 4.74 Å². The minimum Gasteiger partial charge on any atom is -0.479 e. The van der Waals surface area contributed by atoms with Crippen molar-refractivity contribution >= 4 is 11.2 Å². The highest BCUT2D eigenvalue weighted by Gasteiger charge is 2.35. The predicted octanol–water partition coefficient (Wildman–Crippen LogP) is 3.19. The molecule has 0 unspecified atom stereocenters. The van der Waals surface area contributed by atoms with Crippen molar-refractivity contribution in [1.29, 1.82) is 0 Å². The van der Waals surface area contributed by atoms with Gasteiger partial charge in [-0.1, -0.05) is 0 Å². The van der Waals surface area contributed by atoms with Crippen LogP contribution in [-0.4, -0.2) is 14.5 Å². The standard InChI is InChI=1S/C15H12FN3O/c1-15(2)13-8-10-14(18-6-5-17-10)19(13)11-7-9(16)3-4-12(11)20-15/h3-8H,1-2H3. The molecule has 20 heavy (non-hydrogen) atoms. The summed E-state index contributed by atoms with van der Waals surface area (Å²) < 4.78 is 21.5. The summed E-state index contributed by atoms with van der Waals surface area (Å²) in [6.45, 7) is 3.95. The van der Waals surface area contributed by atoms with Gasteiger partial charge in [-0.15, -0.1) is 0 Å². The van der Waals surface area contributed by atoms with Gasteiger partial charge in [-0.05, 0) is 32.0 Å². The first-order valence-corrected chi connectivity index (χ1v) is 6.38. The number of benzene rings is 1. The summed E-state index contributed by atoms with van der Waals surface area (Å²) >= 11 is 0. The van der Waals surface area contributed by atoms with E-state index in [0.29, 0.717) is 17.1 Å². The fraction of sp³-hybridized carbons (Fsp3) is 0.200. The van der Waals surface area contributed by atoms with Crippen LogP contribution in [0.1, 0.15) is 19.5 Å². The number of fused-ring (bicyclic) bond motifs is 5. The monoisotopic (exact) mass is 269 g/mol. The van der Waals surface area contributed by atoms with Gasteiger partial charge in [0.1, 0.15) is 22.7 Å². The molecule has 100 valence electrons. The SMILES string of the molecule is CC1(C)Oc2ccc(F)cc2-n2c1cc1nccnc12. The highest BCUT2D eigenvalue weighted by Crippen LogP contribution is 2.41. The van der Waals surface area contributed by atoms with Gasteiger partial charge in [0, 0.05) is 18.5 Å². The Morgan fingerprint density at radius 1 is 1.15 bits per heavy atom. The summed E-state index contributed by atoms with van der Waals surface area (Å²) in [5, 5.41) is 0. The number of hydrogen-bond donors (Lipinski definition) is 0. The molecule has 3 aromatic rings. The lowest BCUT2D eigenvalue weighted by atomic mass is 10.0. The molecule has 0 N–H and O–H groups in total. The highest BCUT2D eigenvalue weighted by molar-refractivity contribution is 5.77. The summed E-state index contributed by atoms with van der Waals surface area (Å²) in [4.78, 5) is 8.69. The summed E-state index contributed by atoms with van der Waals surface area (Å²) in [6, 6.07) is 6.45. The van der Waals surface area contributed by atoms with Crippen molar-refractivity contribution in [2.45, 2.75) is 19.4 Å². The van der Waals surface area contributed by atoms with E-state index in [2.05, 4.69) is 9.97 Å². The minimum atomic E-state index is -0.521. The van der Waals surface area contributed by atoms with E-state index < -0.39 is 5.60 Å². The van der Waals surface area contributed by atoms with Crippen molar-refractivity contribution in [2.24, 2.45) is 0 Å². The molecule has 0 fully saturated rings. The Morgan fingerprint density at radius 3 is 2.80 bits per heavy atom. The van der Waals surface area contributed by atoms with Crippen LogP contribution in [0.3, 0.4) is 0 Å². The van der Waals surface area contributed by atoms with Crippen LogP contribution in [0.15, 0.2) is 36.7 Å². The van der Waals surface area contributed by atoms with Gasteiger partial charge in [0.15, 0.2) is 5.65 Å². The summed E-state index contributed by atoms with van der Waals surface area (Å²) in [7, 11) is 0. The molecule has 0 radical (unpaired) electrons. The smallest absolute Gasteiger partial charge is 0.163 e. The molecule has 0 bridgehead atoms. The van der Waals surface area contributed by atoms with E-state index in [4.69, 9.17) is 4.74 Å². The second-order valence-corrected chi connectivity index (χ2v) is 5.35. The number of rotatable bonds is 0. The maximum Gasteiger partial charge on any atom is 0.163 e. The van der Waals surface area contributed by atoms with E-state index >= 15 is 0 Å². The topological polar surface area (TPSA) is 39.9 Å². The lowest BCUT2D eigenvalue weighted by Crippen LogP contribution is -2.32. The molecule has 0 saturated heterocycles. The Labute approximate surface area is 114 Å². The lowest BCUT2D eigenvalue weighted by Gasteiger charge is -2.34. The molecule has 0 atom stereocenters. The van der Waals surface area contributed by atoms with E-state index in [9.17, 15) is 4.39 Å². The highest BCUT2D eigenvalue weighted by atomic mass is 19.1. The van der Waals surface area contributed by atoms with Crippen molar-refractivity contribution in [3.05, 3.63) is 48.2 Å². The number of ether oxygens (including phenoxy) is 1. The van der Waals surface area contributed by atoms with Gasteiger partial charge in [0.2, 0.25) is 0 Å². The molecule has 0 spiro atoms. The third-order valence-electron chi connectivity index (χ3n) is 3.58. The van der Waals surface area contributed by atoms with E-state index in [1.54, 1.807) is 18.5 Å². The molecule has 2 aromatic heterocycles. The third-order valence-corrected chi connectivity index (χ3v) is 3.58. The molecule has 0 saturated carbocycles. The molecule has 1 aromatic carbocycles. The quantitative estimate of drug-likeness (QED) is 0.629. The van der Waals surface area contributed by atoms with Gasteiger partial charge >= 0.3 is 0 Å². The summed E-state index contributed by atoms with van der Waals surface area (Å²) in [5.41, 5.74) is 2.54. The van der Waals surface area contributed by atoms with Crippen LogP contribution in [0.25, 0.3) is 16.9 Å². The molecule has 3 heterocycles. The van der Waals surface area contributed by atoms with Gasteiger partial charge < -0.3 is 4.74 Å². The molecule has 4 nitrogen and oxygen atoms in total. The van der Waals surface area contributed by atoms with Crippen LogP contribution in [0, 0.1) is 5.82 Å². The Bertz CT molecular complexity index is 838. The van der Waals surface area contributed by atoms with Crippen molar-refractivity contribution in [2.75, 3.05) is 0 Å². The average Bonchev–Trinajstić information content (AvgIpc) is 2.80. The first-order valence-electron chi connectivity index (χ1n) is 6.38. The van der Waals surface area contributed by atoms with Crippen LogP contribution in [0.4, 0.5) is 4.39 Å². The van der Waals surface area contributed by atoms with Gasteiger partial charge in [0.25, 0.3) is 0 Å². The number of hydrogen-bond acceptors (Lipinski definition) is 3. The summed E-state index contributed by atoms with van der Waals surface area (Å²) in [6.07, 6.45) is 3.28. The zero-order valence-corrected chi connectivity index (χ0v) is 11.1. The van der Waals surface area contributed by atoms with E-state index in [-0.39, 0.29) is 5.82 Å². The fourth-order valence-electron chi connectivity index (χ4n) is 2.69. The largest absolute Gasteiger partial charge is 0.479 e. The van der Waals surface area contributed by atoms with E-state index in [1.807, 2.05) is 24.5 Å². The molecular weight excluding hydrogens is 257 g/mol. The fourth-order valence-corrected chi connectivity index (χ4v) is 2.69.